The molecule has 16 heavy (non-hydrogen) atoms. The number of hydrogen-bond acceptors (Lipinski definition) is 2. The Labute approximate surface area is 103 Å². The van der Waals surface area contributed by atoms with Crippen LogP contribution in [-0.2, 0) is 0 Å². The van der Waals surface area contributed by atoms with Crippen LogP contribution in [0.15, 0.2) is 17.5 Å². The van der Waals surface area contributed by atoms with E-state index in [0.717, 1.165) is 17.9 Å². The van der Waals surface area contributed by atoms with E-state index in [9.17, 15) is 0 Å². The Morgan fingerprint density at radius 3 is 2.75 bits per heavy atom. The summed E-state index contributed by atoms with van der Waals surface area (Å²) in [6.07, 6.45) is 3.93. The highest BCUT2D eigenvalue weighted by molar-refractivity contribution is 7.10. The summed E-state index contributed by atoms with van der Waals surface area (Å²) in [5.41, 5.74) is 0. The Bertz CT molecular complexity index is 307. The molecule has 1 N–H and O–H groups in total. The third-order valence-corrected chi connectivity index (χ3v) is 5.16. The van der Waals surface area contributed by atoms with Crippen molar-refractivity contribution in [3.8, 4) is 0 Å². The molecule has 1 fully saturated rings. The van der Waals surface area contributed by atoms with E-state index in [1.807, 2.05) is 11.3 Å². The van der Waals surface area contributed by atoms with Crippen molar-refractivity contribution in [3.63, 3.8) is 0 Å². The molecule has 1 aromatic rings. The Morgan fingerprint density at radius 2 is 2.25 bits per heavy atom. The van der Waals surface area contributed by atoms with E-state index in [-0.39, 0.29) is 0 Å². The summed E-state index contributed by atoms with van der Waals surface area (Å²) in [4.78, 5) is 1.49. The molecule has 1 aromatic heterocycles. The Kier molecular flexibility index (Phi) is 4.04. The summed E-state index contributed by atoms with van der Waals surface area (Å²) in [5, 5.41) is 6.04. The first-order valence-corrected chi connectivity index (χ1v) is 7.39. The highest BCUT2D eigenvalue weighted by Gasteiger charge is 2.31. The van der Waals surface area contributed by atoms with Crippen LogP contribution in [0, 0.1) is 11.8 Å². The lowest BCUT2D eigenvalue weighted by atomic mass is 9.97. The van der Waals surface area contributed by atoms with Crippen LogP contribution in [0.3, 0.4) is 0 Å². The maximum absolute atomic E-state index is 3.86. The predicted octanol–water partition coefficient (Wildman–Crippen LogP) is 4.22. The van der Waals surface area contributed by atoms with E-state index in [1.54, 1.807) is 0 Å². The number of nitrogens with one attached hydrogen (secondary N) is 1. The highest BCUT2D eigenvalue weighted by Crippen LogP contribution is 2.33. The van der Waals surface area contributed by atoms with Gasteiger partial charge in [0.25, 0.3) is 0 Å². The summed E-state index contributed by atoms with van der Waals surface area (Å²) in [7, 11) is 0. The normalized spacial score (nSPS) is 31.8. The van der Waals surface area contributed by atoms with Gasteiger partial charge in [0.05, 0.1) is 0 Å². The topological polar surface area (TPSA) is 12.0 Å². The molecule has 0 aromatic carbocycles. The van der Waals surface area contributed by atoms with Gasteiger partial charge in [-0.3, -0.25) is 0 Å². The van der Waals surface area contributed by atoms with E-state index < -0.39 is 0 Å². The molecule has 2 rings (SSSR count). The lowest BCUT2D eigenvalue weighted by Crippen LogP contribution is -2.35. The average molecular weight is 237 g/mol. The molecule has 0 aliphatic heterocycles. The fourth-order valence-electron chi connectivity index (χ4n) is 2.75. The van der Waals surface area contributed by atoms with Gasteiger partial charge in [0.15, 0.2) is 0 Å². The van der Waals surface area contributed by atoms with Crippen molar-refractivity contribution in [1.29, 1.82) is 0 Å². The van der Waals surface area contributed by atoms with Gasteiger partial charge in [-0.15, -0.1) is 11.3 Å². The molecule has 1 aliphatic rings. The van der Waals surface area contributed by atoms with E-state index >= 15 is 0 Å². The van der Waals surface area contributed by atoms with Crippen molar-refractivity contribution in [1.82, 2.24) is 5.32 Å². The first kappa shape index (κ1) is 12.1. The standard InChI is InChI=1S/C14H23NS/c1-4-12(14-6-5-9-16-14)15-13-8-7-10(2)11(13)3/h5-6,9-13,15H,4,7-8H2,1-3H3. The largest absolute Gasteiger partial charge is 0.306 e. The monoisotopic (exact) mass is 237 g/mol. The molecule has 1 saturated carbocycles. The summed E-state index contributed by atoms with van der Waals surface area (Å²) < 4.78 is 0. The van der Waals surface area contributed by atoms with Gasteiger partial charge >= 0.3 is 0 Å². The lowest BCUT2D eigenvalue weighted by Gasteiger charge is -2.25. The molecule has 1 heterocycles. The molecule has 4 atom stereocenters. The minimum Gasteiger partial charge on any atom is -0.306 e. The fraction of sp³-hybridized carbons (Fsp3) is 0.714. The number of rotatable bonds is 4. The summed E-state index contributed by atoms with van der Waals surface area (Å²) in [5.74, 6) is 1.72. The van der Waals surface area contributed by atoms with Crippen molar-refractivity contribution < 1.29 is 0 Å². The average Bonchev–Trinajstić information content (AvgIpc) is 2.90. The Balaban J connectivity index is 1.97. The van der Waals surface area contributed by atoms with Gasteiger partial charge in [-0.1, -0.05) is 26.8 Å². The maximum atomic E-state index is 3.86. The first-order valence-electron chi connectivity index (χ1n) is 6.51. The molecule has 0 spiro atoms. The van der Waals surface area contributed by atoms with Crippen LogP contribution >= 0.6 is 11.3 Å². The van der Waals surface area contributed by atoms with Gasteiger partial charge in [-0.05, 0) is 42.5 Å². The summed E-state index contributed by atoms with van der Waals surface area (Å²) in [6.45, 7) is 7.06. The summed E-state index contributed by atoms with van der Waals surface area (Å²) >= 11 is 1.88. The van der Waals surface area contributed by atoms with Gasteiger partial charge in [-0.25, -0.2) is 0 Å². The minimum atomic E-state index is 0.567. The molecule has 0 radical (unpaired) electrons. The van der Waals surface area contributed by atoms with Gasteiger partial charge < -0.3 is 5.32 Å². The van der Waals surface area contributed by atoms with Crippen LogP contribution in [-0.4, -0.2) is 6.04 Å². The van der Waals surface area contributed by atoms with Crippen molar-refractivity contribution >= 4 is 11.3 Å². The van der Waals surface area contributed by atoms with E-state index in [0.29, 0.717) is 6.04 Å². The molecular formula is C14H23NS. The second-order valence-electron chi connectivity index (χ2n) is 5.16. The molecular weight excluding hydrogens is 214 g/mol. The van der Waals surface area contributed by atoms with Crippen molar-refractivity contribution in [2.45, 2.75) is 52.1 Å². The van der Waals surface area contributed by atoms with Crippen molar-refractivity contribution in [2.24, 2.45) is 11.8 Å². The third-order valence-electron chi connectivity index (χ3n) is 4.18. The molecule has 4 unspecified atom stereocenters. The fourth-order valence-corrected chi connectivity index (χ4v) is 3.62. The van der Waals surface area contributed by atoms with Crippen molar-refractivity contribution in [2.75, 3.05) is 0 Å². The van der Waals surface area contributed by atoms with Gasteiger partial charge in [0.2, 0.25) is 0 Å². The quantitative estimate of drug-likeness (QED) is 0.826. The second kappa shape index (κ2) is 5.33. The summed E-state index contributed by atoms with van der Waals surface area (Å²) in [6, 6.07) is 5.71. The zero-order valence-electron chi connectivity index (χ0n) is 10.6. The third kappa shape index (κ3) is 2.49. The lowest BCUT2D eigenvalue weighted by molar-refractivity contribution is 0.337. The SMILES string of the molecule is CCC(NC1CCC(C)C1C)c1cccs1. The second-order valence-corrected chi connectivity index (χ2v) is 6.14. The molecule has 1 nitrogen and oxygen atoms in total. The van der Waals surface area contributed by atoms with Crippen LogP contribution < -0.4 is 5.32 Å². The van der Waals surface area contributed by atoms with Gasteiger partial charge in [0.1, 0.15) is 0 Å². The number of hydrogen-bond donors (Lipinski definition) is 1. The maximum Gasteiger partial charge on any atom is 0.0414 e. The van der Waals surface area contributed by atoms with Crippen LogP contribution in [0.25, 0.3) is 0 Å². The zero-order chi connectivity index (χ0) is 11.5. The van der Waals surface area contributed by atoms with Crippen LogP contribution in [0.5, 0.6) is 0 Å². The predicted molar refractivity (Wildman–Crippen MR) is 71.8 cm³/mol. The van der Waals surface area contributed by atoms with Crippen LogP contribution in [0.1, 0.15) is 51.0 Å². The molecule has 0 bridgehead atoms. The zero-order valence-corrected chi connectivity index (χ0v) is 11.4. The molecule has 0 amide bonds. The van der Waals surface area contributed by atoms with Crippen molar-refractivity contribution in [3.05, 3.63) is 22.4 Å². The van der Waals surface area contributed by atoms with E-state index in [1.165, 1.54) is 24.1 Å². The number of thiophene rings is 1. The Hall–Kier alpha value is -0.340. The molecule has 1 aliphatic carbocycles. The highest BCUT2D eigenvalue weighted by atomic mass is 32.1. The molecule has 0 saturated heterocycles. The van der Waals surface area contributed by atoms with Crippen LogP contribution in [0.2, 0.25) is 0 Å². The van der Waals surface area contributed by atoms with Gasteiger partial charge in [-0.2, -0.15) is 0 Å². The smallest absolute Gasteiger partial charge is 0.0414 e. The Morgan fingerprint density at radius 1 is 1.44 bits per heavy atom. The van der Waals surface area contributed by atoms with Crippen LogP contribution in [0.4, 0.5) is 0 Å². The molecule has 2 heteroatoms. The van der Waals surface area contributed by atoms with E-state index in [2.05, 4.69) is 43.6 Å². The minimum absolute atomic E-state index is 0.567. The first-order chi connectivity index (χ1) is 7.72. The van der Waals surface area contributed by atoms with E-state index in [4.69, 9.17) is 0 Å². The molecule has 90 valence electrons. The van der Waals surface area contributed by atoms with Gasteiger partial charge in [0, 0.05) is 17.0 Å².